The molecule has 1 aromatic heterocycles. The van der Waals surface area contributed by atoms with Gasteiger partial charge in [-0.25, -0.2) is 4.39 Å². The van der Waals surface area contributed by atoms with Crippen LogP contribution in [-0.2, 0) is 11.3 Å². The summed E-state index contributed by atoms with van der Waals surface area (Å²) >= 11 is 2.73. The summed E-state index contributed by atoms with van der Waals surface area (Å²) in [5, 5.41) is 12.2. The predicted molar refractivity (Wildman–Crippen MR) is 119 cm³/mol. The maximum Gasteiger partial charge on any atom is 0.233 e. The summed E-state index contributed by atoms with van der Waals surface area (Å²) in [6.07, 6.45) is 0. The van der Waals surface area contributed by atoms with E-state index in [1.54, 1.807) is 24.1 Å². The average molecular weight is 447 g/mol. The lowest BCUT2D eigenvalue weighted by molar-refractivity contribution is -0.127. The summed E-state index contributed by atoms with van der Waals surface area (Å²) < 4.78 is 19.4. The first-order valence-electron chi connectivity index (χ1n) is 9.22. The molecule has 0 unspecified atom stereocenters. The van der Waals surface area contributed by atoms with Crippen LogP contribution in [0.2, 0.25) is 0 Å². The highest BCUT2D eigenvalue weighted by Crippen LogP contribution is 2.28. The Kier molecular flexibility index (Phi) is 7.28. The van der Waals surface area contributed by atoms with Gasteiger partial charge in [-0.3, -0.25) is 4.79 Å². The van der Waals surface area contributed by atoms with E-state index in [0.717, 1.165) is 5.69 Å². The third-order valence-electron chi connectivity index (χ3n) is 4.55. The maximum absolute atomic E-state index is 13.8. The summed E-state index contributed by atoms with van der Waals surface area (Å²) in [5.41, 5.74) is 4.08. The van der Waals surface area contributed by atoms with E-state index in [1.807, 2.05) is 6.07 Å². The predicted octanol–water partition coefficient (Wildman–Crippen LogP) is 4.80. The molecular formula is C21H23FN4O2S2. The van der Waals surface area contributed by atoms with E-state index < -0.39 is 5.82 Å². The summed E-state index contributed by atoms with van der Waals surface area (Å²) in [4.78, 5) is 14.0. The number of aryl methyl sites for hydroxylation is 2. The van der Waals surface area contributed by atoms with Crippen molar-refractivity contribution in [3.05, 3.63) is 58.9 Å². The number of hydrogen-bond acceptors (Lipinski definition) is 7. The topological polar surface area (TPSA) is 67.3 Å². The van der Waals surface area contributed by atoms with Gasteiger partial charge in [-0.05, 0) is 54.8 Å². The molecule has 0 spiro atoms. The van der Waals surface area contributed by atoms with Crippen LogP contribution < -0.4 is 10.1 Å². The highest BCUT2D eigenvalue weighted by Gasteiger charge is 2.14. The summed E-state index contributed by atoms with van der Waals surface area (Å²) in [6.45, 7) is 4.44. The molecule has 1 N–H and O–H groups in total. The van der Waals surface area contributed by atoms with E-state index in [-0.39, 0.29) is 17.4 Å². The number of hydrogen-bond donors (Lipinski definition) is 1. The lowest BCUT2D eigenvalue weighted by atomic mass is 10.1. The molecule has 0 radical (unpaired) electrons. The Bertz CT molecular complexity index is 1040. The first kappa shape index (κ1) is 22.0. The average Bonchev–Trinajstić information content (AvgIpc) is 3.16. The zero-order chi connectivity index (χ0) is 21.7. The molecule has 9 heteroatoms. The van der Waals surface area contributed by atoms with Gasteiger partial charge in [0.05, 0.1) is 12.9 Å². The molecule has 0 saturated heterocycles. The normalized spacial score (nSPS) is 10.7. The number of thioether (sulfide) groups is 1. The Morgan fingerprint density at radius 1 is 1.20 bits per heavy atom. The van der Waals surface area contributed by atoms with Gasteiger partial charge in [0.2, 0.25) is 11.0 Å². The van der Waals surface area contributed by atoms with Gasteiger partial charge in [0.1, 0.15) is 0 Å². The molecule has 0 saturated carbocycles. The fraction of sp³-hybridized carbons (Fsp3) is 0.286. The number of methoxy groups -OCH3 is 1. The van der Waals surface area contributed by atoms with Crippen LogP contribution in [-0.4, -0.2) is 40.9 Å². The van der Waals surface area contributed by atoms with Crippen LogP contribution in [0.5, 0.6) is 5.75 Å². The van der Waals surface area contributed by atoms with Gasteiger partial charge < -0.3 is 15.0 Å². The smallest absolute Gasteiger partial charge is 0.233 e. The number of carbonyl (C=O) groups excluding carboxylic acids is 1. The molecule has 0 bridgehead atoms. The van der Waals surface area contributed by atoms with Crippen molar-refractivity contribution in [1.29, 1.82) is 0 Å². The van der Waals surface area contributed by atoms with E-state index >= 15 is 0 Å². The summed E-state index contributed by atoms with van der Waals surface area (Å²) in [5.74, 6) is -0.101. The van der Waals surface area contributed by atoms with E-state index in [0.29, 0.717) is 21.6 Å². The summed E-state index contributed by atoms with van der Waals surface area (Å²) in [6, 6.07) is 10.8. The van der Waals surface area contributed by atoms with Crippen molar-refractivity contribution in [2.75, 3.05) is 25.2 Å². The third-order valence-corrected chi connectivity index (χ3v) is 6.50. The maximum atomic E-state index is 13.8. The van der Waals surface area contributed by atoms with Crippen LogP contribution in [0.1, 0.15) is 16.7 Å². The number of ether oxygens (including phenoxy) is 1. The Morgan fingerprint density at radius 2 is 2.00 bits per heavy atom. The second kappa shape index (κ2) is 9.90. The Morgan fingerprint density at radius 3 is 2.70 bits per heavy atom. The fourth-order valence-electron chi connectivity index (χ4n) is 2.67. The van der Waals surface area contributed by atoms with Crippen molar-refractivity contribution < 1.29 is 13.9 Å². The van der Waals surface area contributed by atoms with Crippen LogP contribution in [0, 0.1) is 19.7 Å². The number of amides is 1. The zero-order valence-electron chi connectivity index (χ0n) is 17.2. The molecule has 0 atom stereocenters. The fourth-order valence-corrected chi connectivity index (χ4v) is 4.38. The van der Waals surface area contributed by atoms with Crippen LogP contribution in [0.15, 0.2) is 40.7 Å². The summed E-state index contributed by atoms with van der Waals surface area (Å²) in [7, 11) is 3.11. The highest BCUT2D eigenvalue weighted by atomic mass is 32.2. The van der Waals surface area contributed by atoms with Gasteiger partial charge in [-0.15, -0.1) is 10.2 Å². The quantitative estimate of drug-likeness (QED) is 0.502. The van der Waals surface area contributed by atoms with Crippen molar-refractivity contribution >= 4 is 39.8 Å². The van der Waals surface area contributed by atoms with Gasteiger partial charge in [-0.2, -0.15) is 0 Å². The molecule has 6 nitrogen and oxygen atoms in total. The second-order valence-electron chi connectivity index (χ2n) is 6.80. The Balaban J connectivity index is 1.52. The van der Waals surface area contributed by atoms with Crippen LogP contribution in [0.3, 0.4) is 0 Å². The van der Waals surface area contributed by atoms with Gasteiger partial charge in [0, 0.05) is 19.3 Å². The second-order valence-corrected chi connectivity index (χ2v) is 9.00. The number of nitrogens with zero attached hydrogens (tertiary/aromatic N) is 3. The number of nitrogens with one attached hydrogen (secondary N) is 1. The number of carbonyl (C=O) groups is 1. The van der Waals surface area contributed by atoms with Crippen molar-refractivity contribution in [3.8, 4) is 5.75 Å². The third kappa shape index (κ3) is 5.70. The zero-order valence-corrected chi connectivity index (χ0v) is 18.9. The first-order chi connectivity index (χ1) is 14.4. The van der Waals surface area contributed by atoms with E-state index in [9.17, 15) is 9.18 Å². The molecule has 1 heterocycles. The van der Waals surface area contributed by atoms with Crippen LogP contribution in [0.4, 0.5) is 15.2 Å². The lowest BCUT2D eigenvalue weighted by Crippen LogP contribution is -2.27. The number of halogens is 1. The Labute approximate surface area is 183 Å². The van der Waals surface area contributed by atoms with Crippen molar-refractivity contribution in [1.82, 2.24) is 15.1 Å². The molecule has 158 valence electrons. The molecule has 0 fully saturated rings. The minimum Gasteiger partial charge on any atom is -0.494 e. The van der Waals surface area contributed by atoms with E-state index in [4.69, 9.17) is 4.74 Å². The molecule has 0 aliphatic rings. The van der Waals surface area contributed by atoms with Gasteiger partial charge in [0.25, 0.3) is 0 Å². The number of aromatic nitrogens is 2. The van der Waals surface area contributed by atoms with Crippen LogP contribution >= 0.6 is 23.1 Å². The van der Waals surface area contributed by atoms with Crippen molar-refractivity contribution in [3.63, 3.8) is 0 Å². The molecule has 3 rings (SSSR count). The minimum atomic E-state index is -0.442. The van der Waals surface area contributed by atoms with Crippen LogP contribution in [0.25, 0.3) is 0 Å². The van der Waals surface area contributed by atoms with Gasteiger partial charge in [-0.1, -0.05) is 35.2 Å². The first-order valence-corrected chi connectivity index (χ1v) is 11.0. The van der Waals surface area contributed by atoms with E-state index in [1.165, 1.54) is 47.4 Å². The highest BCUT2D eigenvalue weighted by molar-refractivity contribution is 8.01. The molecule has 3 aromatic rings. The molecule has 1 amide bonds. The molecule has 0 aliphatic carbocycles. The number of benzene rings is 2. The standard InChI is InChI=1S/C21H23FN4O2S2/c1-13-5-7-16(9-14(13)2)23-20-24-25-21(30-20)29-12-19(27)26(3)11-15-6-8-18(28-4)17(22)10-15/h5-10H,11-12H2,1-4H3,(H,23,24). The molecule has 2 aromatic carbocycles. The minimum absolute atomic E-state index is 0.0740. The number of anilines is 2. The van der Waals surface area contributed by atoms with E-state index in [2.05, 4.69) is 41.5 Å². The Hall–Kier alpha value is -2.65. The number of rotatable bonds is 8. The SMILES string of the molecule is COc1ccc(CN(C)C(=O)CSc2nnc(Nc3ccc(C)c(C)c3)s2)cc1F. The molecule has 30 heavy (non-hydrogen) atoms. The van der Waals surface area contributed by atoms with Gasteiger partial charge >= 0.3 is 0 Å². The molecule has 0 aliphatic heterocycles. The molecular weight excluding hydrogens is 423 g/mol. The van der Waals surface area contributed by atoms with Crippen molar-refractivity contribution in [2.24, 2.45) is 0 Å². The largest absolute Gasteiger partial charge is 0.494 e. The lowest BCUT2D eigenvalue weighted by Gasteiger charge is -2.17. The van der Waals surface area contributed by atoms with Gasteiger partial charge in [0.15, 0.2) is 15.9 Å². The van der Waals surface area contributed by atoms with Crippen molar-refractivity contribution in [2.45, 2.75) is 24.7 Å². The monoisotopic (exact) mass is 446 g/mol.